The molecule has 0 N–H and O–H groups in total. The molecule has 0 aliphatic rings. The van der Waals surface area contributed by atoms with Crippen LogP contribution in [0.15, 0.2) is 153 Å². The quantitative estimate of drug-likeness (QED) is 0.0616. The molecular formula is C50H40F12FeN12P2. The van der Waals surface area contributed by atoms with Gasteiger partial charge in [0.2, 0.25) is 0 Å². The Balaban J connectivity index is 0.00000110. The first-order valence-electron chi connectivity index (χ1n) is 20.8. The molecule has 0 spiro atoms. The number of pyridine rings is 2. The molecule has 0 fully saturated rings. The van der Waals surface area contributed by atoms with Crippen molar-refractivity contribution in [2.75, 3.05) is 0 Å². The Labute approximate surface area is 445 Å². The Hall–Kier alpha value is -8.66. The molecule has 0 amide bonds. The van der Waals surface area contributed by atoms with Crippen LogP contribution in [0.5, 0.6) is 0 Å². The summed E-state index contributed by atoms with van der Waals surface area (Å²) in [6.07, 6.45) is 0. The molecule has 4 aromatic carbocycles. The summed E-state index contributed by atoms with van der Waals surface area (Å²) in [6, 6.07) is 51.7. The fourth-order valence-corrected chi connectivity index (χ4v) is 5.12. The Bertz CT molecular complexity index is 2920. The molecule has 0 saturated carbocycles. The Morgan fingerprint density at radius 1 is 0.338 bits per heavy atom. The van der Waals surface area contributed by atoms with Crippen molar-refractivity contribution in [2.24, 2.45) is 20.0 Å². The first-order valence-corrected chi connectivity index (χ1v) is 24.9. The number of aromatic nitrogens is 2. The first kappa shape index (κ1) is 68.3. The number of benzene rings is 4. The molecule has 0 aliphatic heterocycles. The van der Waals surface area contributed by atoms with E-state index in [9.17, 15) is 50.4 Å². The van der Waals surface area contributed by atoms with Crippen LogP contribution in [0.3, 0.4) is 0 Å². The van der Waals surface area contributed by atoms with Gasteiger partial charge in [-0.15, -0.1) is 0 Å². The van der Waals surface area contributed by atoms with Crippen molar-refractivity contribution in [3.8, 4) is 36.4 Å². The van der Waals surface area contributed by atoms with Crippen LogP contribution in [0.1, 0.15) is 86.6 Å². The van der Waals surface area contributed by atoms with E-state index in [-0.39, 0.29) is 17.1 Å². The molecule has 6 aromatic rings. The second-order valence-corrected chi connectivity index (χ2v) is 18.4. The van der Waals surface area contributed by atoms with Gasteiger partial charge in [0.1, 0.15) is 0 Å². The summed E-state index contributed by atoms with van der Waals surface area (Å²) in [5.74, 6) is 0. The van der Waals surface area contributed by atoms with E-state index in [1.165, 1.54) is 13.8 Å². The predicted molar refractivity (Wildman–Crippen MR) is 270 cm³/mol. The molecule has 0 radical (unpaired) electrons. The van der Waals surface area contributed by atoms with Gasteiger partial charge in [-0.3, -0.25) is 20.0 Å². The maximum atomic E-state index is 9.87. The van der Waals surface area contributed by atoms with E-state index >= 15 is 0 Å². The van der Waals surface area contributed by atoms with E-state index in [0.29, 0.717) is 22.3 Å². The average Bonchev–Trinajstić information content (AvgIpc) is 3.34. The number of hydrogen-bond acceptors (Lipinski definition) is 12. The van der Waals surface area contributed by atoms with Crippen molar-refractivity contribution >= 4 is 61.2 Å². The second-order valence-electron chi connectivity index (χ2n) is 14.6. The number of aliphatic imine (C=N–C) groups is 4. The van der Waals surface area contributed by atoms with Gasteiger partial charge in [-0.25, -0.2) is 9.97 Å². The zero-order chi connectivity index (χ0) is 58.1. The molecule has 402 valence electrons. The van der Waals surface area contributed by atoms with Crippen molar-refractivity contribution in [2.45, 2.75) is 41.5 Å². The van der Waals surface area contributed by atoms with Gasteiger partial charge in [-0.05, 0) is 149 Å². The third-order valence-corrected chi connectivity index (χ3v) is 8.15. The normalized spacial score (nSPS) is 12.8. The minimum Gasteiger partial charge on any atom is 2.00 e. The average molecular weight is 1150 g/mol. The SMILES string of the molecule is CC#N.CC#N.CC(=Nc1ccc(C#N)cc1)c1cccc(C(C)=Nc2ccc(C#N)cc2)n1.CC(=Nc1ccc(C#N)cc1)c1cccc(C(C)=Nc2ccc(C#N)cc2)n1.F[P-](F)(F)(F)(F)F.F[P-](F)(F)(F)(F)F.[Fe+2]. The standard InChI is InChI=1S/2C23H17N5.2C2H3N.2F6P.Fe/c2*1-16(26-20-10-6-18(14-24)7-11-20)22-4-3-5-23(28-22)17(2)27-21-12-8-19(15-25)9-13-21;2*1-2-3;2*1-7(2,3,4,5)6;/h2*3-13H,1-2H3;2*1H3;;;/q;;;;2*-1;+2. The number of nitriles is 6. The van der Waals surface area contributed by atoms with Crippen LogP contribution in [-0.2, 0) is 17.1 Å². The van der Waals surface area contributed by atoms with Crippen LogP contribution in [0, 0.1) is 68.0 Å². The number of rotatable bonds is 8. The smallest absolute Gasteiger partial charge is 2.00 e. The monoisotopic (exact) mass is 1150 g/mol. The molecule has 12 nitrogen and oxygen atoms in total. The molecule has 77 heavy (non-hydrogen) atoms. The Morgan fingerprint density at radius 2 is 0.481 bits per heavy atom. The van der Waals surface area contributed by atoms with E-state index in [0.717, 1.165) is 68.4 Å². The molecule has 0 atom stereocenters. The molecule has 0 saturated heterocycles. The van der Waals surface area contributed by atoms with Gasteiger partial charge in [0.25, 0.3) is 0 Å². The molecule has 6 rings (SSSR count). The molecule has 2 heterocycles. The van der Waals surface area contributed by atoms with E-state index in [1.54, 1.807) is 60.7 Å². The van der Waals surface area contributed by atoms with Crippen LogP contribution < -0.4 is 0 Å². The third kappa shape index (κ3) is 34.5. The molecule has 0 unspecified atom stereocenters. The second kappa shape index (κ2) is 27.8. The van der Waals surface area contributed by atoms with Crippen molar-refractivity contribution in [3.63, 3.8) is 0 Å². The fraction of sp³-hybridized carbons (Fsp3) is 0.120. The van der Waals surface area contributed by atoms with Crippen molar-refractivity contribution in [1.29, 1.82) is 31.6 Å². The van der Waals surface area contributed by atoms with Crippen molar-refractivity contribution in [3.05, 3.63) is 178 Å². The topological polar surface area (TPSA) is 218 Å². The number of halogens is 12. The minimum atomic E-state index is -10.7. The van der Waals surface area contributed by atoms with E-state index < -0.39 is 15.6 Å². The maximum Gasteiger partial charge on any atom is 2.00 e. The van der Waals surface area contributed by atoms with Gasteiger partial charge >= 0.3 is 83.0 Å². The molecule has 0 bridgehead atoms. The third-order valence-electron chi connectivity index (χ3n) is 8.15. The van der Waals surface area contributed by atoms with Gasteiger partial charge < -0.3 is 0 Å². The van der Waals surface area contributed by atoms with Crippen LogP contribution >= 0.6 is 15.6 Å². The number of nitrogens with zero attached hydrogens (tertiary/aromatic N) is 12. The zero-order valence-corrected chi connectivity index (χ0v) is 43.7. The van der Waals surface area contributed by atoms with Crippen LogP contribution in [0.25, 0.3) is 0 Å². The van der Waals surface area contributed by atoms with Crippen LogP contribution in [0.4, 0.5) is 73.1 Å². The summed E-state index contributed by atoms with van der Waals surface area (Å²) in [5.41, 5.74) is 11.6. The predicted octanol–water partition coefficient (Wildman–Crippen LogP) is 18.0. The summed E-state index contributed by atoms with van der Waals surface area (Å²) in [5, 5.41) is 50.2. The molecule has 2 aromatic heterocycles. The van der Waals surface area contributed by atoms with Gasteiger partial charge in [-0.1, -0.05) is 12.1 Å². The number of hydrogen-bond donors (Lipinski definition) is 0. The summed E-state index contributed by atoms with van der Waals surface area (Å²) in [6.45, 7) is 10.5. The van der Waals surface area contributed by atoms with E-state index in [4.69, 9.17) is 31.6 Å². The Kier molecular flexibility index (Phi) is 24.6. The fourth-order valence-electron chi connectivity index (χ4n) is 5.12. The molecule has 27 heteroatoms. The van der Waals surface area contributed by atoms with Crippen molar-refractivity contribution < 1.29 is 67.4 Å². The van der Waals surface area contributed by atoms with E-state index in [2.05, 4.69) is 54.2 Å². The molecular weight excluding hydrogens is 1110 g/mol. The Morgan fingerprint density at radius 3 is 0.610 bits per heavy atom. The van der Waals surface area contributed by atoms with Gasteiger partial charge in [0.15, 0.2) is 0 Å². The minimum absolute atomic E-state index is 0. The zero-order valence-electron chi connectivity index (χ0n) is 40.9. The largest absolute Gasteiger partial charge is 2.00 e. The first-order chi connectivity index (χ1) is 34.9. The summed E-state index contributed by atoms with van der Waals surface area (Å²) >= 11 is 0. The van der Waals surface area contributed by atoms with Crippen LogP contribution in [0.2, 0.25) is 0 Å². The summed E-state index contributed by atoms with van der Waals surface area (Å²) in [7, 11) is -21.3. The van der Waals surface area contributed by atoms with Gasteiger partial charge in [0.05, 0.1) is 127 Å². The summed E-state index contributed by atoms with van der Waals surface area (Å²) < 4.78 is 118. The van der Waals surface area contributed by atoms with E-state index in [1.807, 2.05) is 113 Å². The van der Waals surface area contributed by atoms with Gasteiger partial charge in [0, 0.05) is 13.8 Å². The van der Waals surface area contributed by atoms with Crippen molar-refractivity contribution in [1.82, 2.24) is 9.97 Å². The summed E-state index contributed by atoms with van der Waals surface area (Å²) in [4.78, 5) is 27.7. The van der Waals surface area contributed by atoms with Crippen LogP contribution in [-0.4, -0.2) is 32.8 Å². The van der Waals surface area contributed by atoms with Gasteiger partial charge in [-0.2, -0.15) is 31.6 Å². The molecule has 0 aliphatic carbocycles. The maximum absolute atomic E-state index is 10.7.